The Balaban J connectivity index is 3.89. The van der Waals surface area contributed by atoms with Crippen molar-refractivity contribution in [3.63, 3.8) is 0 Å². The molecule has 0 bridgehead atoms. The first-order chi connectivity index (χ1) is 5.58. The van der Waals surface area contributed by atoms with E-state index in [-0.39, 0.29) is 0 Å². The van der Waals surface area contributed by atoms with E-state index in [0.717, 1.165) is 22.7 Å². The second-order valence-electron chi connectivity index (χ2n) is 1.98. The number of thiocarbonyl (C=S) groups is 1. The predicted octanol–water partition coefficient (Wildman–Crippen LogP) is 2.90. The summed E-state index contributed by atoms with van der Waals surface area (Å²) in [6.45, 7) is -0.953. The molecule has 0 aliphatic carbocycles. The van der Waals surface area contributed by atoms with Gasteiger partial charge in [0.15, 0.2) is 0 Å². The van der Waals surface area contributed by atoms with E-state index >= 15 is 0 Å². The summed E-state index contributed by atoms with van der Waals surface area (Å²) in [6, 6.07) is 0. The maximum absolute atomic E-state index is 11.4. The molecular weight excluding hydrogens is 215 g/mol. The van der Waals surface area contributed by atoms with E-state index in [1.807, 2.05) is 6.92 Å². The Labute approximate surface area is 82.5 Å². The van der Waals surface area contributed by atoms with E-state index in [4.69, 9.17) is 21.3 Å². The lowest BCUT2D eigenvalue weighted by atomic mass is 10.4. The molecule has 0 fully saturated rings. The second-order valence-corrected chi connectivity index (χ2v) is 6.84. The Hall–Kier alpha value is 0.590. The molecule has 0 spiro atoms. The first-order valence-corrected chi connectivity index (χ1v) is 7.00. The minimum Gasteiger partial charge on any atom is -0.304 e. The molecule has 12 heavy (non-hydrogen) atoms. The van der Waals surface area contributed by atoms with Gasteiger partial charge in [0.05, 0.1) is 0 Å². The molecule has 0 aliphatic rings. The third-order valence-corrected chi connectivity index (χ3v) is 5.76. The fourth-order valence-corrected chi connectivity index (χ4v) is 3.31. The average molecular weight is 228 g/mol. The van der Waals surface area contributed by atoms with Gasteiger partial charge in [-0.15, -0.1) is 0 Å². The number of hydrogen-bond acceptors (Lipinski definition) is 5. The van der Waals surface area contributed by atoms with Crippen molar-refractivity contribution in [2.24, 2.45) is 0 Å². The van der Waals surface area contributed by atoms with Crippen LogP contribution in [-0.2, 0) is 13.6 Å². The topological polar surface area (TPSA) is 35.5 Å². The van der Waals surface area contributed by atoms with Crippen molar-refractivity contribution in [3.8, 4) is 0 Å². The van der Waals surface area contributed by atoms with Crippen LogP contribution in [0.5, 0.6) is 0 Å². The largest absolute Gasteiger partial charge is 0.388 e. The highest BCUT2D eigenvalue weighted by molar-refractivity contribution is 8.55. The van der Waals surface area contributed by atoms with Crippen LogP contribution in [0.1, 0.15) is 13.3 Å². The number of rotatable bonds is 6. The van der Waals surface area contributed by atoms with Crippen LogP contribution >= 0.6 is 30.4 Å². The molecule has 0 amide bonds. The predicted molar refractivity (Wildman–Crippen MR) is 57.0 cm³/mol. The van der Waals surface area contributed by atoms with Gasteiger partial charge in [-0.1, -0.05) is 19.1 Å². The molecule has 0 saturated heterocycles. The van der Waals surface area contributed by atoms with Crippen molar-refractivity contribution < 1.29 is 13.6 Å². The molecular formula is C6H13O3PS2. The van der Waals surface area contributed by atoms with Gasteiger partial charge in [-0.2, -0.15) is 0 Å². The Kier molecular flexibility index (Phi) is 6.41. The monoisotopic (exact) mass is 228 g/mol. The summed E-state index contributed by atoms with van der Waals surface area (Å²) >= 11 is 6.09. The highest BCUT2D eigenvalue weighted by Crippen LogP contribution is 2.59. The van der Waals surface area contributed by atoms with E-state index in [0.29, 0.717) is 5.75 Å². The van der Waals surface area contributed by atoms with Crippen molar-refractivity contribution in [2.75, 3.05) is 20.0 Å². The SMILES string of the molecule is CCC(=S)CSP(=O)(OC)OC. The molecule has 0 saturated carbocycles. The van der Waals surface area contributed by atoms with Gasteiger partial charge in [0, 0.05) is 24.8 Å². The zero-order valence-corrected chi connectivity index (χ0v) is 9.93. The summed E-state index contributed by atoms with van der Waals surface area (Å²) in [5.41, 5.74) is 0. The standard InChI is InChI=1S/C6H13O3PS2/c1-4-6(11)5-12-10(7,8-2)9-3/h4-5H2,1-3H3. The van der Waals surface area contributed by atoms with Crippen molar-refractivity contribution in [3.05, 3.63) is 0 Å². The summed E-state index contributed by atoms with van der Waals surface area (Å²) in [5, 5.41) is 0. The summed E-state index contributed by atoms with van der Waals surface area (Å²) in [4.78, 5) is 0.870. The molecule has 0 atom stereocenters. The summed E-state index contributed by atoms with van der Waals surface area (Å²) in [5.74, 6) is 0.546. The molecule has 0 heterocycles. The lowest BCUT2D eigenvalue weighted by molar-refractivity contribution is 0.295. The van der Waals surface area contributed by atoms with Gasteiger partial charge in [-0.3, -0.25) is 0 Å². The lowest BCUT2D eigenvalue weighted by Crippen LogP contribution is -1.96. The molecule has 0 aromatic rings. The normalized spacial score (nSPS) is 11.6. The van der Waals surface area contributed by atoms with Crippen molar-refractivity contribution in [2.45, 2.75) is 13.3 Å². The van der Waals surface area contributed by atoms with Crippen LogP contribution in [0.2, 0.25) is 0 Å². The average Bonchev–Trinajstić information content (AvgIpc) is 2.13. The fourth-order valence-electron chi connectivity index (χ4n) is 0.433. The van der Waals surface area contributed by atoms with E-state index in [2.05, 4.69) is 0 Å². The maximum Gasteiger partial charge on any atom is 0.388 e. The van der Waals surface area contributed by atoms with Crippen LogP contribution < -0.4 is 0 Å². The van der Waals surface area contributed by atoms with Crippen LogP contribution in [-0.4, -0.2) is 24.8 Å². The third kappa shape index (κ3) is 4.58. The molecule has 0 radical (unpaired) electrons. The molecule has 0 aliphatic heterocycles. The Morgan fingerprint density at radius 1 is 1.50 bits per heavy atom. The van der Waals surface area contributed by atoms with Crippen LogP contribution in [0.15, 0.2) is 0 Å². The van der Waals surface area contributed by atoms with Gasteiger partial charge in [0.2, 0.25) is 0 Å². The summed E-state index contributed by atoms with van der Waals surface area (Å²) in [7, 11) is 2.73. The van der Waals surface area contributed by atoms with Crippen LogP contribution in [0.4, 0.5) is 0 Å². The Morgan fingerprint density at radius 3 is 2.33 bits per heavy atom. The molecule has 0 rings (SSSR count). The van der Waals surface area contributed by atoms with Gasteiger partial charge in [-0.05, 0) is 17.8 Å². The lowest BCUT2D eigenvalue weighted by Gasteiger charge is -2.11. The van der Waals surface area contributed by atoms with Crippen molar-refractivity contribution in [1.82, 2.24) is 0 Å². The maximum atomic E-state index is 11.4. The highest BCUT2D eigenvalue weighted by Gasteiger charge is 2.21. The number of hydrogen-bond donors (Lipinski definition) is 0. The van der Waals surface area contributed by atoms with Crippen LogP contribution in [0.25, 0.3) is 0 Å². The van der Waals surface area contributed by atoms with E-state index < -0.39 is 6.80 Å². The van der Waals surface area contributed by atoms with E-state index in [1.54, 1.807) is 0 Å². The molecule has 3 nitrogen and oxygen atoms in total. The van der Waals surface area contributed by atoms with Crippen molar-refractivity contribution in [1.29, 1.82) is 0 Å². The van der Waals surface area contributed by atoms with Gasteiger partial charge in [0.25, 0.3) is 0 Å². The quantitative estimate of drug-likeness (QED) is 0.516. The summed E-state index contributed by atoms with van der Waals surface area (Å²) in [6.07, 6.45) is 0.815. The first kappa shape index (κ1) is 12.6. The van der Waals surface area contributed by atoms with Gasteiger partial charge < -0.3 is 9.05 Å². The third-order valence-electron chi connectivity index (χ3n) is 1.23. The van der Waals surface area contributed by atoms with Crippen LogP contribution in [0, 0.1) is 0 Å². The smallest absolute Gasteiger partial charge is 0.304 e. The zero-order valence-electron chi connectivity index (χ0n) is 7.40. The molecule has 0 aromatic heterocycles. The van der Waals surface area contributed by atoms with Crippen molar-refractivity contribution >= 4 is 35.3 Å². The Bertz CT molecular complexity index is 187. The van der Waals surface area contributed by atoms with Gasteiger partial charge in [0.1, 0.15) is 0 Å². The molecule has 72 valence electrons. The molecule has 0 unspecified atom stereocenters. The Morgan fingerprint density at radius 2 is 2.00 bits per heavy atom. The van der Waals surface area contributed by atoms with E-state index in [9.17, 15) is 4.57 Å². The second kappa shape index (κ2) is 6.11. The summed E-state index contributed by atoms with van der Waals surface area (Å²) < 4.78 is 20.9. The first-order valence-electron chi connectivity index (χ1n) is 3.45. The van der Waals surface area contributed by atoms with Crippen LogP contribution in [0.3, 0.4) is 0 Å². The molecule has 6 heteroatoms. The zero-order chi connectivity index (χ0) is 9.61. The fraction of sp³-hybridized carbons (Fsp3) is 0.833. The highest BCUT2D eigenvalue weighted by atomic mass is 32.7. The molecule has 0 aromatic carbocycles. The molecule has 0 N–H and O–H groups in total. The van der Waals surface area contributed by atoms with Gasteiger partial charge >= 0.3 is 6.80 Å². The minimum absolute atomic E-state index is 0.546. The van der Waals surface area contributed by atoms with Gasteiger partial charge in [-0.25, -0.2) is 4.57 Å². The minimum atomic E-state index is -2.92. The van der Waals surface area contributed by atoms with E-state index in [1.165, 1.54) is 14.2 Å².